The Bertz CT molecular complexity index is 651. The third kappa shape index (κ3) is 3.48. The summed E-state index contributed by atoms with van der Waals surface area (Å²) in [5, 5.41) is 0. The van der Waals surface area contributed by atoms with E-state index in [9.17, 15) is 4.39 Å². The number of aromatic nitrogens is 2. The van der Waals surface area contributed by atoms with Crippen molar-refractivity contribution in [3.63, 3.8) is 0 Å². The van der Waals surface area contributed by atoms with Crippen molar-refractivity contribution in [2.24, 2.45) is 0 Å². The van der Waals surface area contributed by atoms with Crippen molar-refractivity contribution in [3.8, 4) is 22.8 Å². The first-order valence-corrected chi connectivity index (χ1v) is 6.66. The Morgan fingerprint density at radius 3 is 2.43 bits per heavy atom. The zero-order valence-corrected chi connectivity index (χ0v) is 12.9. The molecule has 21 heavy (non-hydrogen) atoms. The van der Waals surface area contributed by atoms with Crippen molar-refractivity contribution in [2.75, 3.05) is 7.11 Å². The fraction of sp³-hybridized carbons (Fsp3) is 0.375. The van der Waals surface area contributed by atoms with Gasteiger partial charge in [0.25, 0.3) is 0 Å². The third-order valence-electron chi connectivity index (χ3n) is 2.83. The lowest BCUT2D eigenvalue weighted by Crippen LogP contribution is -2.22. The van der Waals surface area contributed by atoms with Gasteiger partial charge >= 0.3 is 0 Å². The van der Waals surface area contributed by atoms with Crippen LogP contribution < -0.4 is 9.47 Å². The van der Waals surface area contributed by atoms with Gasteiger partial charge in [-0.05, 0) is 39.8 Å². The van der Waals surface area contributed by atoms with Crippen LogP contribution in [-0.4, -0.2) is 22.7 Å². The highest BCUT2D eigenvalue weighted by atomic mass is 19.1. The van der Waals surface area contributed by atoms with E-state index in [4.69, 9.17) is 9.47 Å². The molecular formula is C16H19FN2O2. The monoisotopic (exact) mass is 290 g/mol. The molecule has 0 aliphatic rings. The predicted octanol–water partition coefficient (Wildman–Crippen LogP) is 3.78. The molecule has 0 saturated carbocycles. The molecular weight excluding hydrogens is 271 g/mol. The van der Waals surface area contributed by atoms with E-state index in [0.29, 0.717) is 28.5 Å². The molecule has 0 spiro atoms. The molecule has 0 fully saturated rings. The summed E-state index contributed by atoms with van der Waals surface area (Å²) < 4.78 is 25.3. The molecule has 0 bridgehead atoms. The lowest BCUT2D eigenvalue weighted by Gasteiger charge is -2.21. The number of ether oxygens (including phenoxy) is 2. The van der Waals surface area contributed by atoms with E-state index >= 15 is 0 Å². The highest BCUT2D eigenvalue weighted by molar-refractivity contribution is 5.71. The normalized spacial score (nSPS) is 11.3. The summed E-state index contributed by atoms with van der Waals surface area (Å²) in [5.41, 5.74) is 1.23. The predicted molar refractivity (Wildman–Crippen MR) is 79.1 cm³/mol. The lowest BCUT2D eigenvalue weighted by atomic mass is 10.0. The maximum atomic E-state index is 14.4. The molecule has 0 aliphatic carbocycles. The Hall–Kier alpha value is -2.17. The zero-order chi connectivity index (χ0) is 15.6. The number of hydrogen-bond acceptors (Lipinski definition) is 4. The number of methoxy groups -OCH3 is 1. The van der Waals surface area contributed by atoms with Crippen molar-refractivity contribution >= 4 is 0 Å². The SMILES string of the molecule is COc1ncnc(C)c1-c1ccc(OC(C)(C)C)cc1F. The number of halogens is 1. The first-order valence-electron chi connectivity index (χ1n) is 6.66. The number of hydrogen-bond donors (Lipinski definition) is 0. The second-order valence-electron chi connectivity index (χ2n) is 5.70. The van der Waals surface area contributed by atoms with Crippen LogP contribution in [0.3, 0.4) is 0 Å². The van der Waals surface area contributed by atoms with E-state index in [2.05, 4.69) is 9.97 Å². The van der Waals surface area contributed by atoms with Crippen molar-refractivity contribution in [1.29, 1.82) is 0 Å². The molecule has 5 heteroatoms. The molecule has 0 amide bonds. The van der Waals surface area contributed by atoms with Crippen LogP contribution in [0.1, 0.15) is 26.5 Å². The molecule has 1 aromatic carbocycles. The highest BCUT2D eigenvalue weighted by Gasteiger charge is 2.18. The topological polar surface area (TPSA) is 44.2 Å². The first-order chi connectivity index (χ1) is 9.81. The quantitative estimate of drug-likeness (QED) is 0.863. The van der Waals surface area contributed by atoms with Gasteiger partial charge in [-0.2, -0.15) is 0 Å². The molecule has 0 atom stereocenters. The smallest absolute Gasteiger partial charge is 0.224 e. The Morgan fingerprint density at radius 2 is 1.86 bits per heavy atom. The van der Waals surface area contributed by atoms with Crippen LogP contribution in [0.4, 0.5) is 4.39 Å². The summed E-state index contributed by atoms with van der Waals surface area (Å²) in [5.74, 6) is 0.441. The maximum Gasteiger partial charge on any atom is 0.224 e. The minimum atomic E-state index is -0.395. The Morgan fingerprint density at radius 1 is 1.14 bits per heavy atom. The second kappa shape index (κ2) is 5.68. The average Bonchev–Trinajstić information content (AvgIpc) is 2.37. The summed E-state index contributed by atoms with van der Waals surface area (Å²) in [7, 11) is 1.50. The van der Waals surface area contributed by atoms with Gasteiger partial charge in [0.1, 0.15) is 23.5 Å². The molecule has 1 heterocycles. The van der Waals surface area contributed by atoms with Crippen molar-refractivity contribution in [1.82, 2.24) is 9.97 Å². The summed E-state index contributed by atoms with van der Waals surface area (Å²) in [6, 6.07) is 4.76. The second-order valence-corrected chi connectivity index (χ2v) is 5.70. The molecule has 0 aliphatic heterocycles. The summed E-state index contributed by atoms with van der Waals surface area (Å²) >= 11 is 0. The molecule has 112 valence electrons. The third-order valence-corrected chi connectivity index (χ3v) is 2.83. The molecule has 1 aromatic heterocycles. The van der Waals surface area contributed by atoms with Crippen LogP contribution in [0.5, 0.6) is 11.6 Å². The number of aryl methyl sites for hydroxylation is 1. The van der Waals surface area contributed by atoms with Crippen molar-refractivity contribution < 1.29 is 13.9 Å². The van der Waals surface area contributed by atoms with E-state index in [1.54, 1.807) is 19.1 Å². The summed E-state index contributed by atoms with van der Waals surface area (Å²) in [6.07, 6.45) is 1.40. The van der Waals surface area contributed by atoms with Crippen LogP contribution in [0, 0.1) is 12.7 Å². The van der Waals surface area contributed by atoms with Gasteiger partial charge in [-0.15, -0.1) is 0 Å². The molecule has 2 aromatic rings. The van der Waals surface area contributed by atoms with Gasteiger partial charge in [0.05, 0.1) is 18.4 Å². The zero-order valence-electron chi connectivity index (χ0n) is 12.9. The van der Waals surface area contributed by atoms with Gasteiger partial charge in [0.15, 0.2) is 0 Å². The molecule has 4 nitrogen and oxygen atoms in total. The maximum absolute atomic E-state index is 14.4. The number of rotatable bonds is 3. The van der Waals surface area contributed by atoms with Crippen LogP contribution >= 0.6 is 0 Å². The first kappa shape index (κ1) is 15.2. The van der Waals surface area contributed by atoms with Crippen LogP contribution in [0.25, 0.3) is 11.1 Å². The molecule has 0 unspecified atom stereocenters. The highest BCUT2D eigenvalue weighted by Crippen LogP contribution is 2.34. The van der Waals surface area contributed by atoms with E-state index in [1.165, 1.54) is 19.5 Å². The Balaban J connectivity index is 2.47. The largest absolute Gasteiger partial charge is 0.488 e. The van der Waals surface area contributed by atoms with E-state index in [0.717, 1.165) is 0 Å². The Labute approximate surface area is 124 Å². The standard InChI is InChI=1S/C16H19FN2O2/c1-10-14(15(20-5)19-9-18-10)12-7-6-11(8-13(12)17)21-16(2,3)4/h6-9H,1-5H3. The van der Waals surface area contributed by atoms with E-state index < -0.39 is 5.82 Å². The minimum Gasteiger partial charge on any atom is -0.488 e. The minimum absolute atomic E-state index is 0.353. The Kier molecular flexibility index (Phi) is 4.11. The average molecular weight is 290 g/mol. The van der Waals surface area contributed by atoms with Gasteiger partial charge in [-0.1, -0.05) is 0 Å². The van der Waals surface area contributed by atoms with Crippen molar-refractivity contribution in [2.45, 2.75) is 33.3 Å². The summed E-state index contributed by atoms with van der Waals surface area (Å²) in [6.45, 7) is 7.53. The number of benzene rings is 1. The van der Waals surface area contributed by atoms with Gasteiger partial charge in [-0.3, -0.25) is 0 Å². The lowest BCUT2D eigenvalue weighted by molar-refractivity contribution is 0.130. The molecule has 0 N–H and O–H groups in total. The summed E-state index contributed by atoms with van der Waals surface area (Å²) in [4.78, 5) is 8.12. The van der Waals surface area contributed by atoms with E-state index in [1.807, 2.05) is 20.8 Å². The van der Waals surface area contributed by atoms with Crippen LogP contribution in [0.15, 0.2) is 24.5 Å². The fourth-order valence-electron chi connectivity index (χ4n) is 2.03. The molecule has 2 rings (SSSR count). The van der Waals surface area contributed by atoms with Gasteiger partial charge in [0, 0.05) is 11.6 Å². The van der Waals surface area contributed by atoms with Gasteiger partial charge in [-0.25, -0.2) is 14.4 Å². The van der Waals surface area contributed by atoms with Crippen molar-refractivity contribution in [3.05, 3.63) is 36.0 Å². The van der Waals surface area contributed by atoms with Crippen LogP contribution in [0.2, 0.25) is 0 Å². The fourth-order valence-corrected chi connectivity index (χ4v) is 2.03. The van der Waals surface area contributed by atoms with Crippen LogP contribution in [-0.2, 0) is 0 Å². The van der Waals surface area contributed by atoms with Gasteiger partial charge < -0.3 is 9.47 Å². The van der Waals surface area contributed by atoms with Gasteiger partial charge in [0.2, 0.25) is 5.88 Å². The molecule has 0 saturated heterocycles. The van der Waals surface area contributed by atoms with E-state index in [-0.39, 0.29) is 5.60 Å². The molecule has 0 radical (unpaired) electrons. The number of nitrogens with zero attached hydrogens (tertiary/aromatic N) is 2.